The molecule has 1 aliphatic rings. The molecule has 1 aromatic rings. The van der Waals surface area contributed by atoms with Gasteiger partial charge in [-0.2, -0.15) is 0 Å². The Balaban J connectivity index is 2.09. The maximum atomic E-state index is 11.6. The van der Waals surface area contributed by atoms with Crippen molar-refractivity contribution in [2.45, 2.75) is 12.6 Å². The minimum atomic E-state index is -1.42. The first kappa shape index (κ1) is 11.6. The molecule has 2 atom stereocenters. The van der Waals surface area contributed by atoms with E-state index < -0.39 is 23.9 Å². The van der Waals surface area contributed by atoms with E-state index in [1.54, 1.807) is 0 Å². The van der Waals surface area contributed by atoms with Crippen molar-refractivity contribution >= 4 is 11.9 Å². The van der Waals surface area contributed by atoms with E-state index >= 15 is 0 Å². The quantitative estimate of drug-likeness (QED) is 0.778. The Morgan fingerprint density at radius 3 is 2.53 bits per heavy atom. The van der Waals surface area contributed by atoms with Crippen LogP contribution in [0, 0.1) is 5.92 Å². The van der Waals surface area contributed by atoms with Crippen LogP contribution >= 0.6 is 0 Å². The molecule has 90 valence electrons. The highest BCUT2D eigenvalue weighted by Crippen LogP contribution is 2.20. The van der Waals surface area contributed by atoms with Crippen LogP contribution in [0.25, 0.3) is 0 Å². The van der Waals surface area contributed by atoms with Gasteiger partial charge in [0, 0.05) is 13.1 Å². The lowest BCUT2D eigenvalue weighted by Crippen LogP contribution is -2.30. The second-order valence-electron chi connectivity index (χ2n) is 4.09. The van der Waals surface area contributed by atoms with Gasteiger partial charge in [0.15, 0.2) is 0 Å². The SMILES string of the molecule is O=C(O)[C@@H]1CN(Cc2ccccc2)C(=O)[C@H]1O. The van der Waals surface area contributed by atoms with Gasteiger partial charge in [-0.15, -0.1) is 0 Å². The number of aliphatic carboxylic acids is 1. The molecule has 1 aromatic carbocycles. The molecular formula is C12H13NO4. The van der Waals surface area contributed by atoms with Gasteiger partial charge in [0.05, 0.1) is 0 Å². The summed E-state index contributed by atoms with van der Waals surface area (Å²) in [6.07, 6.45) is -1.42. The number of hydrogen-bond acceptors (Lipinski definition) is 3. The van der Waals surface area contributed by atoms with Crippen molar-refractivity contribution in [1.82, 2.24) is 4.90 Å². The van der Waals surface area contributed by atoms with Crippen molar-refractivity contribution in [3.05, 3.63) is 35.9 Å². The molecule has 0 spiro atoms. The average Bonchev–Trinajstić information content (AvgIpc) is 2.59. The maximum Gasteiger partial charge on any atom is 0.311 e. The van der Waals surface area contributed by atoms with Crippen LogP contribution in [0.5, 0.6) is 0 Å². The molecule has 1 fully saturated rings. The van der Waals surface area contributed by atoms with Crippen molar-refractivity contribution in [3.63, 3.8) is 0 Å². The molecule has 2 rings (SSSR count). The summed E-state index contributed by atoms with van der Waals surface area (Å²) in [5.41, 5.74) is 0.916. The third-order valence-corrected chi connectivity index (χ3v) is 2.90. The van der Waals surface area contributed by atoms with Crippen LogP contribution in [-0.4, -0.2) is 39.6 Å². The zero-order chi connectivity index (χ0) is 12.4. The summed E-state index contributed by atoms with van der Waals surface area (Å²) in [6.45, 7) is 0.394. The average molecular weight is 235 g/mol. The maximum absolute atomic E-state index is 11.6. The Bertz CT molecular complexity index is 431. The number of carboxylic acid groups (broad SMARTS) is 1. The van der Waals surface area contributed by atoms with E-state index in [1.165, 1.54) is 4.90 Å². The molecule has 5 heteroatoms. The lowest BCUT2D eigenvalue weighted by atomic mass is 10.1. The first-order valence-corrected chi connectivity index (χ1v) is 5.33. The van der Waals surface area contributed by atoms with E-state index in [-0.39, 0.29) is 6.54 Å². The van der Waals surface area contributed by atoms with Crippen molar-refractivity contribution in [2.75, 3.05) is 6.54 Å². The van der Waals surface area contributed by atoms with Crippen molar-refractivity contribution in [1.29, 1.82) is 0 Å². The van der Waals surface area contributed by atoms with Gasteiger partial charge in [0.2, 0.25) is 0 Å². The van der Waals surface area contributed by atoms with E-state index in [0.29, 0.717) is 6.54 Å². The number of nitrogens with zero attached hydrogens (tertiary/aromatic N) is 1. The molecule has 2 N–H and O–H groups in total. The Hall–Kier alpha value is -1.88. The number of hydrogen-bond donors (Lipinski definition) is 2. The molecule has 0 radical (unpaired) electrons. The minimum Gasteiger partial charge on any atom is -0.481 e. The van der Waals surface area contributed by atoms with Gasteiger partial charge < -0.3 is 15.1 Å². The number of amides is 1. The molecule has 1 saturated heterocycles. The topological polar surface area (TPSA) is 77.8 Å². The number of aliphatic hydroxyl groups is 1. The summed E-state index contributed by atoms with van der Waals surface area (Å²) >= 11 is 0. The Morgan fingerprint density at radius 1 is 1.35 bits per heavy atom. The van der Waals surface area contributed by atoms with Gasteiger partial charge in [-0.1, -0.05) is 30.3 Å². The predicted molar refractivity (Wildman–Crippen MR) is 59.0 cm³/mol. The van der Waals surface area contributed by atoms with Crippen LogP contribution in [0.15, 0.2) is 30.3 Å². The number of carbonyl (C=O) groups is 2. The van der Waals surface area contributed by atoms with Crippen LogP contribution in [0.1, 0.15) is 5.56 Å². The fourth-order valence-electron chi connectivity index (χ4n) is 1.95. The van der Waals surface area contributed by atoms with Crippen LogP contribution in [0.4, 0.5) is 0 Å². The molecule has 0 aromatic heterocycles. The highest BCUT2D eigenvalue weighted by Gasteiger charge is 2.43. The summed E-state index contributed by atoms with van der Waals surface area (Å²) in [6, 6.07) is 9.27. The number of carboxylic acids is 1. The monoisotopic (exact) mass is 235 g/mol. The molecule has 5 nitrogen and oxygen atoms in total. The van der Waals surface area contributed by atoms with Gasteiger partial charge in [0.25, 0.3) is 5.91 Å². The number of rotatable bonds is 3. The van der Waals surface area contributed by atoms with E-state index in [2.05, 4.69) is 0 Å². The first-order valence-electron chi connectivity index (χ1n) is 5.33. The number of benzene rings is 1. The molecule has 1 aliphatic heterocycles. The molecule has 0 bridgehead atoms. The lowest BCUT2D eigenvalue weighted by Gasteiger charge is -2.15. The number of carbonyl (C=O) groups excluding carboxylic acids is 1. The van der Waals surface area contributed by atoms with Crippen LogP contribution in [-0.2, 0) is 16.1 Å². The highest BCUT2D eigenvalue weighted by atomic mass is 16.4. The van der Waals surface area contributed by atoms with Gasteiger partial charge >= 0.3 is 5.97 Å². The first-order chi connectivity index (χ1) is 8.09. The molecular weight excluding hydrogens is 222 g/mol. The van der Waals surface area contributed by atoms with Crippen molar-refractivity contribution in [3.8, 4) is 0 Å². The Kier molecular flexibility index (Phi) is 3.10. The third kappa shape index (κ3) is 2.29. The smallest absolute Gasteiger partial charge is 0.311 e. The van der Waals surface area contributed by atoms with E-state index in [4.69, 9.17) is 5.11 Å². The van der Waals surface area contributed by atoms with Gasteiger partial charge in [-0.25, -0.2) is 0 Å². The predicted octanol–water partition coefficient (Wildman–Crippen LogP) is 0.0905. The van der Waals surface area contributed by atoms with Crippen molar-refractivity contribution in [2.24, 2.45) is 5.92 Å². The van der Waals surface area contributed by atoms with Crippen LogP contribution in [0.3, 0.4) is 0 Å². The third-order valence-electron chi connectivity index (χ3n) is 2.90. The van der Waals surface area contributed by atoms with Crippen LogP contribution < -0.4 is 0 Å². The number of likely N-dealkylation sites (tertiary alicyclic amines) is 1. The van der Waals surface area contributed by atoms with Gasteiger partial charge in [-0.05, 0) is 5.56 Å². The molecule has 0 saturated carbocycles. The molecule has 1 heterocycles. The Morgan fingerprint density at radius 2 is 2.00 bits per heavy atom. The van der Waals surface area contributed by atoms with Crippen LogP contribution in [0.2, 0.25) is 0 Å². The normalized spacial score (nSPS) is 24.1. The summed E-state index contributed by atoms with van der Waals surface area (Å²) < 4.78 is 0. The van der Waals surface area contributed by atoms with E-state index in [9.17, 15) is 14.7 Å². The van der Waals surface area contributed by atoms with Gasteiger partial charge in [-0.3, -0.25) is 9.59 Å². The molecule has 0 unspecified atom stereocenters. The zero-order valence-corrected chi connectivity index (χ0v) is 9.11. The summed E-state index contributed by atoms with van der Waals surface area (Å²) in [5, 5.41) is 18.4. The molecule has 1 amide bonds. The van der Waals surface area contributed by atoms with E-state index in [0.717, 1.165) is 5.56 Å². The fraction of sp³-hybridized carbons (Fsp3) is 0.333. The zero-order valence-electron chi connectivity index (χ0n) is 9.11. The fourth-order valence-corrected chi connectivity index (χ4v) is 1.95. The molecule has 0 aliphatic carbocycles. The standard InChI is InChI=1S/C12H13NO4/c14-10-9(12(16)17)7-13(11(10)15)6-8-4-2-1-3-5-8/h1-5,9-10,14H,6-7H2,(H,16,17)/t9-,10+/m1/s1. The summed E-state index contributed by atoms with van der Waals surface area (Å²) in [4.78, 5) is 23.8. The number of aliphatic hydroxyl groups excluding tert-OH is 1. The van der Waals surface area contributed by atoms with E-state index in [1.807, 2.05) is 30.3 Å². The van der Waals surface area contributed by atoms with Gasteiger partial charge in [0.1, 0.15) is 12.0 Å². The largest absolute Gasteiger partial charge is 0.481 e. The lowest BCUT2D eigenvalue weighted by molar-refractivity contribution is -0.146. The minimum absolute atomic E-state index is 0.0597. The second kappa shape index (κ2) is 4.55. The molecule has 17 heavy (non-hydrogen) atoms. The summed E-state index contributed by atoms with van der Waals surface area (Å²) in [7, 11) is 0. The highest BCUT2D eigenvalue weighted by molar-refractivity contribution is 5.90. The summed E-state index contributed by atoms with van der Waals surface area (Å²) in [5.74, 6) is -2.67. The Labute approximate surface area is 98.3 Å². The van der Waals surface area contributed by atoms with Crippen molar-refractivity contribution < 1.29 is 19.8 Å². The second-order valence-corrected chi connectivity index (χ2v) is 4.09.